The summed E-state index contributed by atoms with van der Waals surface area (Å²) in [6.07, 6.45) is 4.96. The van der Waals surface area contributed by atoms with E-state index in [2.05, 4.69) is 46.9 Å². The minimum Gasteiger partial charge on any atom is -0.383 e. The normalized spacial score (nSPS) is 14.6. The number of aromatic nitrogens is 2. The molecule has 1 aromatic carbocycles. The first-order valence-corrected chi connectivity index (χ1v) is 8.61. The molecule has 3 N–H and O–H groups in total. The summed E-state index contributed by atoms with van der Waals surface area (Å²) in [6.45, 7) is 5.88. The average molecular weight is 344 g/mol. The van der Waals surface area contributed by atoms with Gasteiger partial charge in [-0.25, -0.2) is 4.79 Å². The Labute approximate surface area is 149 Å². The van der Waals surface area contributed by atoms with Gasteiger partial charge in [0, 0.05) is 24.8 Å². The molecule has 2 atom stereocenters. The Morgan fingerprint density at radius 1 is 1.36 bits per heavy atom. The molecule has 0 aliphatic rings. The van der Waals surface area contributed by atoms with Gasteiger partial charge in [-0.3, -0.25) is 4.68 Å². The lowest BCUT2D eigenvalue weighted by Crippen LogP contribution is -2.47. The van der Waals surface area contributed by atoms with Crippen LogP contribution in [0.3, 0.4) is 0 Å². The van der Waals surface area contributed by atoms with Gasteiger partial charge in [0.25, 0.3) is 0 Å². The molecule has 1 aromatic heterocycles. The van der Waals surface area contributed by atoms with Crippen LogP contribution in [0.5, 0.6) is 0 Å². The molecule has 2 rings (SSSR count). The van der Waals surface area contributed by atoms with Gasteiger partial charge in [-0.2, -0.15) is 5.10 Å². The van der Waals surface area contributed by atoms with Gasteiger partial charge in [-0.1, -0.05) is 36.8 Å². The molecule has 0 aliphatic heterocycles. The number of hydrogen-bond acceptors (Lipinski definition) is 3. The van der Waals surface area contributed by atoms with Gasteiger partial charge in [0.2, 0.25) is 0 Å². The number of nitrogens with one attached hydrogen (secondary N) is 2. The molecule has 0 bridgehead atoms. The summed E-state index contributed by atoms with van der Waals surface area (Å²) in [7, 11) is 1.79. The van der Waals surface area contributed by atoms with Crippen molar-refractivity contribution in [3.63, 3.8) is 0 Å². The number of urea groups is 1. The van der Waals surface area contributed by atoms with E-state index in [1.54, 1.807) is 31.0 Å². The van der Waals surface area contributed by atoms with E-state index < -0.39 is 5.60 Å². The minimum atomic E-state index is -1.16. The second-order valence-corrected chi connectivity index (χ2v) is 6.80. The van der Waals surface area contributed by atoms with E-state index in [9.17, 15) is 9.90 Å². The summed E-state index contributed by atoms with van der Waals surface area (Å²) >= 11 is 0. The third kappa shape index (κ3) is 5.60. The van der Waals surface area contributed by atoms with E-state index in [0.717, 1.165) is 12.8 Å². The number of hydrogen-bond donors (Lipinski definition) is 3. The van der Waals surface area contributed by atoms with Gasteiger partial charge < -0.3 is 15.7 Å². The second kappa shape index (κ2) is 8.16. The van der Waals surface area contributed by atoms with Crippen molar-refractivity contribution in [3.05, 3.63) is 53.3 Å². The molecule has 2 unspecified atom stereocenters. The van der Waals surface area contributed by atoms with Crippen LogP contribution < -0.4 is 10.6 Å². The largest absolute Gasteiger partial charge is 0.383 e. The summed E-state index contributed by atoms with van der Waals surface area (Å²) in [5, 5.41) is 20.3. The summed E-state index contributed by atoms with van der Waals surface area (Å²) in [6, 6.07) is 8.10. The standard InChI is InChI=1S/C19H28N4O2/c1-5-17(10-15-8-6-14(2)7-9-15)22-18(24)20-13-19(3,25)16-11-21-23(4)12-16/h6-9,11-12,17,25H,5,10,13H2,1-4H3,(H2,20,22,24). The van der Waals surface area contributed by atoms with Gasteiger partial charge in [-0.05, 0) is 32.3 Å². The zero-order chi connectivity index (χ0) is 18.4. The van der Waals surface area contributed by atoms with Crippen molar-refractivity contribution in [3.8, 4) is 0 Å². The Morgan fingerprint density at radius 3 is 2.60 bits per heavy atom. The lowest BCUT2D eigenvalue weighted by atomic mass is 10.00. The van der Waals surface area contributed by atoms with E-state index in [1.165, 1.54) is 11.1 Å². The first kappa shape index (κ1) is 19.0. The van der Waals surface area contributed by atoms with Crippen molar-refractivity contribution in [2.24, 2.45) is 7.05 Å². The van der Waals surface area contributed by atoms with Gasteiger partial charge >= 0.3 is 6.03 Å². The predicted molar refractivity (Wildman–Crippen MR) is 98.3 cm³/mol. The van der Waals surface area contributed by atoms with E-state index in [4.69, 9.17) is 0 Å². The van der Waals surface area contributed by atoms with Crippen LogP contribution in [0.15, 0.2) is 36.7 Å². The quantitative estimate of drug-likeness (QED) is 0.721. The Hall–Kier alpha value is -2.34. The fourth-order valence-electron chi connectivity index (χ4n) is 2.60. The molecule has 0 spiro atoms. The van der Waals surface area contributed by atoms with Crippen LogP contribution in [0.4, 0.5) is 4.79 Å². The van der Waals surface area contributed by atoms with Crippen LogP contribution in [-0.2, 0) is 19.1 Å². The molecular formula is C19H28N4O2. The van der Waals surface area contributed by atoms with Gasteiger partial charge in [0.1, 0.15) is 5.60 Å². The number of rotatable bonds is 7. The molecule has 0 saturated heterocycles. The number of aliphatic hydroxyl groups is 1. The predicted octanol–water partition coefficient (Wildman–Crippen LogP) is 2.26. The highest BCUT2D eigenvalue weighted by atomic mass is 16.3. The number of amides is 2. The number of benzene rings is 1. The first-order chi connectivity index (χ1) is 11.8. The zero-order valence-electron chi connectivity index (χ0n) is 15.4. The Balaban J connectivity index is 1.86. The molecule has 0 fully saturated rings. The number of carbonyl (C=O) groups is 1. The van der Waals surface area contributed by atoms with Crippen molar-refractivity contribution >= 4 is 6.03 Å². The van der Waals surface area contributed by atoms with Crippen LogP contribution in [0.25, 0.3) is 0 Å². The van der Waals surface area contributed by atoms with Crippen molar-refractivity contribution in [2.75, 3.05) is 6.54 Å². The molecule has 136 valence electrons. The molecule has 0 aliphatic carbocycles. The topological polar surface area (TPSA) is 79.2 Å². The molecule has 6 nitrogen and oxygen atoms in total. The highest BCUT2D eigenvalue weighted by Gasteiger charge is 2.25. The Morgan fingerprint density at radius 2 is 2.04 bits per heavy atom. The van der Waals surface area contributed by atoms with E-state index in [-0.39, 0.29) is 18.6 Å². The molecule has 0 radical (unpaired) electrons. The third-order valence-electron chi connectivity index (χ3n) is 4.35. The highest BCUT2D eigenvalue weighted by Crippen LogP contribution is 2.18. The van der Waals surface area contributed by atoms with Gasteiger partial charge in [0.05, 0.1) is 12.7 Å². The fourth-order valence-corrected chi connectivity index (χ4v) is 2.60. The van der Waals surface area contributed by atoms with Crippen molar-refractivity contribution in [1.29, 1.82) is 0 Å². The summed E-state index contributed by atoms with van der Waals surface area (Å²) < 4.78 is 1.62. The minimum absolute atomic E-state index is 0.0473. The van der Waals surface area contributed by atoms with E-state index in [0.29, 0.717) is 5.56 Å². The first-order valence-electron chi connectivity index (χ1n) is 8.61. The van der Waals surface area contributed by atoms with Crippen molar-refractivity contribution in [2.45, 2.75) is 45.3 Å². The molecule has 2 amide bonds. The maximum atomic E-state index is 12.2. The maximum Gasteiger partial charge on any atom is 0.315 e. The monoisotopic (exact) mass is 344 g/mol. The molecule has 1 heterocycles. The second-order valence-electron chi connectivity index (χ2n) is 6.80. The smallest absolute Gasteiger partial charge is 0.315 e. The maximum absolute atomic E-state index is 12.2. The van der Waals surface area contributed by atoms with Crippen molar-refractivity contribution < 1.29 is 9.90 Å². The van der Waals surface area contributed by atoms with Gasteiger partial charge in [0.15, 0.2) is 0 Å². The van der Waals surface area contributed by atoms with Crippen LogP contribution >= 0.6 is 0 Å². The molecule has 0 saturated carbocycles. The molecule has 6 heteroatoms. The number of nitrogens with zero attached hydrogens (tertiary/aromatic N) is 2. The Bertz CT molecular complexity index is 692. The van der Waals surface area contributed by atoms with Crippen LogP contribution in [-0.4, -0.2) is 33.5 Å². The van der Waals surface area contributed by atoms with Crippen molar-refractivity contribution in [1.82, 2.24) is 20.4 Å². The van der Waals surface area contributed by atoms with E-state index >= 15 is 0 Å². The lowest BCUT2D eigenvalue weighted by Gasteiger charge is -2.24. The molecule has 2 aromatic rings. The summed E-state index contributed by atoms with van der Waals surface area (Å²) in [4.78, 5) is 12.2. The number of aryl methyl sites for hydroxylation is 2. The number of carbonyl (C=O) groups excluding carboxylic acids is 1. The SMILES string of the molecule is CCC(Cc1ccc(C)cc1)NC(=O)NCC(C)(O)c1cnn(C)c1. The summed E-state index contributed by atoms with van der Waals surface area (Å²) in [5.74, 6) is 0. The van der Waals surface area contributed by atoms with Gasteiger partial charge in [-0.15, -0.1) is 0 Å². The Kier molecular flexibility index (Phi) is 6.20. The molecule has 25 heavy (non-hydrogen) atoms. The lowest BCUT2D eigenvalue weighted by molar-refractivity contribution is 0.0592. The van der Waals surface area contributed by atoms with Crippen LogP contribution in [0.1, 0.15) is 37.0 Å². The van der Waals surface area contributed by atoms with E-state index in [1.807, 2.05) is 6.92 Å². The zero-order valence-corrected chi connectivity index (χ0v) is 15.4. The molecular weight excluding hydrogens is 316 g/mol. The average Bonchev–Trinajstić information content (AvgIpc) is 3.02. The fraction of sp³-hybridized carbons (Fsp3) is 0.474. The van der Waals surface area contributed by atoms with Crippen LogP contribution in [0.2, 0.25) is 0 Å². The summed E-state index contributed by atoms with van der Waals surface area (Å²) in [5.41, 5.74) is 1.92. The third-order valence-corrected chi connectivity index (χ3v) is 4.35. The van der Waals surface area contributed by atoms with Crippen LogP contribution in [0, 0.1) is 6.92 Å². The highest BCUT2D eigenvalue weighted by molar-refractivity contribution is 5.74.